The van der Waals surface area contributed by atoms with Gasteiger partial charge in [0.05, 0.1) is 12.5 Å². The molecule has 0 radical (unpaired) electrons. The summed E-state index contributed by atoms with van der Waals surface area (Å²) in [6, 6.07) is 0.306. The van der Waals surface area contributed by atoms with E-state index >= 15 is 0 Å². The first-order chi connectivity index (χ1) is 7.65. The van der Waals surface area contributed by atoms with Gasteiger partial charge in [0, 0.05) is 12.1 Å². The minimum Gasteiger partial charge on any atom is -0.352 e. The number of carbonyl (C=O) groups is 2. The standard InChI is InChI=1S/C11H17N3O2/c12-8-2-1-7(5-8)11(16)13-6-10(15)14-9-3-4-9/h1-2,7-9H,3-6,12H2,(H,13,16)(H,14,15). The summed E-state index contributed by atoms with van der Waals surface area (Å²) in [5, 5.41) is 5.43. The molecule has 0 aliphatic heterocycles. The minimum atomic E-state index is -0.177. The smallest absolute Gasteiger partial charge is 0.239 e. The molecule has 0 heterocycles. The van der Waals surface area contributed by atoms with E-state index in [1.807, 2.05) is 6.08 Å². The van der Waals surface area contributed by atoms with Crippen LogP contribution in [0, 0.1) is 5.92 Å². The van der Waals surface area contributed by atoms with Crippen LogP contribution in [0.2, 0.25) is 0 Å². The van der Waals surface area contributed by atoms with Gasteiger partial charge in [-0.3, -0.25) is 9.59 Å². The number of nitrogens with one attached hydrogen (secondary N) is 2. The van der Waals surface area contributed by atoms with Gasteiger partial charge in [0.1, 0.15) is 0 Å². The predicted octanol–water partition coefficient (Wildman–Crippen LogP) is -0.715. The minimum absolute atomic E-state index is 0.0314. The Morgan fingerprint density at radius 2 is 2.06 bits per heavy atom. The fourth-order valence-electron chi connectivity index (χ4n) is 1.73. The fourth-order valence-corrected chi connectivity index (χ4v) is 1.73. The molecule has 1 fully saturated rings. The summed E-state index contributed by atoms with van der Waals surface area (Å²) >= 11 is 0. The Bertz CT molecular complexity index is 323. The third-order valence-electron chi connectivity index (χ3n) is 2.82. The van der Waals surface area contributed by atoms with Gasteiger partial charge >= 0.3 is 0 Å². The predicted molar refractivity (Wildman–Crippen MR) is 59.4 cm³/mol. The van der Waals surface area contributed by atoms with E-state index in [1.165, 1.54) is 0 Å². The summed E-state index contributed by atoms with van der Waals surface area (Å²) in [7, 11) is 0. The molecule has 0 aromatic rings. The highest BCUT2D eigenvalue weighted by Crippen LogP contribution is 2.18. The Hall–Kier alpha value is -1.36. The summed E-state index contributed by atoms with van der Waals surface area (Å²) < 4.78 is 0. The van der Waals surface area contributed by atoms with Crippen LogP contribution in [0.3, 0.4) is 0 Å². The monoisotopic (exact) mass is 223 g/mol. The van der Waals surface area contributed by atoms with Gasteiger partial charge in [0.15, 0.2) is 0 Å². The van der Waals surface area contributed by atoms with Crippen molar-refractivity contribution in [3.8, 4) is 0 Å². The SMILES string of the molecule is NC1C=CC(C(=O)NCC(=O)NC2CC2)C1. The van der Waals surface area contributed by atoms with Crippen molar-refractivity contribution in [2.45, 2.75) is 31.3 Å². The molecule has 2 aliphatic rings. The van der Waals surface area contributed by atoms with E-state index in [-0.39, 0.29) is 30.3 Å². The molecule has 5 nitrogen and oxygen atoms in total. The van der Waals surface area contributed by atoms with Gasteiger partial charge < -0.3 is 16.4 Å². The van der Waals surface area contributed by atoms with Gasteiger partial charge in [-0.1, -0.05) is 12.2 Å². The second kappa shape index (κ2) is 4.65. The molecule has 2 aliphatic carbocycles. The Balaban J connectivity index is 1.67. The normalized spacial score (nSPS) is 27.8. The molecule has 2 amide bonds. The van der Waals surface area contributed by atoms with Gasteiger partial charge in [-0.15, -0.1) is 0 Å². The lowest BCUT2D eigenvalue weighted by atomic mass is 10.1. The molecular formula is C11H17N3O2. The average Bonchev–Trinajstić information content (AvgIpc) is 2.95. The second-order valence-corrected chi connectivity index (χ2v) is 4.45. The molecule has 0 bridgehead atoms. The van der Waals surface area contributed by atoms with Crippen LogP contribution in [0.5, 0.6) is 0 Å². The molecule has 16 heavy (non-hydrogen) atoms. The van der Waals surface area contributed by atoms with Crippen LogP contribution in [0.4, 0.5) is 0 Å². The molecule has 2 atom stereocenters. The molecule has 0 saturated heterocycles. The maximum atomic E-state index is 11.6. The lowest BCUT2D eigenvalue weighted by Crippen LogP contribution is -2.40. The third kappa shape index (κ3) is 3.06. The first-order valence-electron chi connectivity index (χ1n) is 5.66. The first kappa shape index (κ1) is 11.1. The lowest BCUT2D eigenvalue weighted by molar-refractivity contribution is -0.127. The topological polar surface area (TPSA) is 84.2 Å². The van der Waals surface area contributed by atoms with Crippen molar-refractivity contribution in [2.75, 3.05) is 6.54 Å². The van der Waals surface area contributed by atoms with E-state index in [1.54, 1.807) is 6.08 Å². The molecule has 5 heteroatoms. The second-order valence-electron chi connectivity index (χ2n) is 4.45. The van der Waals surface area contributed by atoms with Gasteiger partial charge in [0.25, 0.3) is 0 Å². The molecule has 0 spiro atoms. The van der Waals surface area contributed by atoms with Crippen LogP contribution in [0.1, 0.15) is 19.3 Å². The summed E-state index contributed by atoms with van der Waals surface area (Å²) in [5.74, 6) is -0.402. The maximum Gasteiger partial charge on any atom is 0.239 e. The molecule has 88 valence electrons. The molecule has 2 rings (SSSR count). The van der Waals surface area contributed by atoms with Crippen LogP contribution in [0.25, 0.3) is 0 Å². The van der Waals surface area contributed by atoms with Gasteiger partial charge in [0.2, 0.25) is 11.8 Å². The van der Waals surface area contributed by atoms with E-state index in [0.29, 0.717) is 12.5 Å². The molecule has 2 unspecified atom stereocenters. The Morgan fingerprint density at radius 1 is 1.31 bits per heavy atom. The van der Waals surface area contributed by atoms with Crippen molar-refractivity contribution >= 4 is 11.8 Å². The lowest BCUT2D eigenvalue weighted by Gasteiger charge is -2.10. The zero-order valence-electron chi connectivity index (χ0n) is 9.11. The highest BCUT2D eigenvalue weighted by Gasteiger charge is 2.25. The van der Waals surface area contributed by atoms with Gasteiger partial charge in [-0.25, -0.2) is 0 Å². The quantitative estimate of drug-likeness (QED) is 0.550. The van der Waals surface area contributed by atoms with E-state index in [0.717, 1.165) is 12.8 Å². The van der Waals surface area contributed by atoms with Crippen LogP contribution in [-0.2, 0) is 9.59 Å². The summed E-state index contributed by atoms with van der Waals surface area (Å²) in [6.45, 7) is 0.0644. The van der Waals surface area contributed by atoms with Crippen molar-refractivity contribution in [1.82, 2.24) is 10.6 Å². The van der Waals surface area contributed by atoms with Crippen LogP contribution in [-0.4, -0.2) is 30.4 Å². The van der Waals surface area contributed by atoms with Gasteiger partial charge in [-0.2, -0.15) is 0 Å². The van der Waals surface area contributed by atoms with Crippen molar-refractivity contribution < 1.29 is 9.59 Å². The van der Waals surface area contributed by atoms with Crippen molar-refractivity contribution in [3.63, 3.8) is 0 Å². The van der Waals surface area contributed by atoms with E-state index in [2.05, 4.69) is 10.6 Å². The average molecular weight is 223 g/mol. The number of hydrogen-bond donors (Lipinski definition) is 3. The van der Waals surface area contributed by atoms with Crippen molar-refractivity contribution in [2.24, 2.45) is 11.7 Å². The largest absolute Gasteiger partial charge is 0.352 e. The number of nitrogens with two attached hydrogens (primary N) is 1. The molecule has 1 saturated carbocycles. The van der Waals surface area contributed by atoms with Crippen LogP contribution < -0.4 is 16.4 Å². The zero-order chi connectivity index (χ0) is 11.5. The number of hydrogen-bond acceptors (Lipinski definition) is 3. The van der Waals surface area contributed by atoms with E-state index < -0.39 is 0 Å². The van der Waals surface area contributed by atoms with Crippen molar-refractivity contribution in [1.29, 1.82) is 0 Å². The molecule has 4 N–H and O–H groups in total. The summed E-state index contributed by atoms with van der Waals surface area (Å²) in [4.78, 5) is 22.9. The fraction of sp³-hybridized carbons (Fsp3) is 0.636. The Morgan fingerprint density at radius 3 is 2.62 bits per heavy atom. The first-order valence-corrected chi connectivity index (χ1v) is 5.66. The van der Waals surface area contributed by atoms with Crippen molar-refractivity contribution in [3.05, 3.63) is 12.2 Å². The number of rotatable bonds is 4. The highest BCUT2D eigenvalue weighted by molar-refractivity contribution is 5.87. The van der Waals surface area contributed by atoms with E-state index in [9.17, 15) is 9.59 Å². The van der Waals surface area contributed by atoms with Gasteiger partial charge in [-0.05, 0) is 19.3 Å². The number of amides is 2. The zero-order valence-corrected chi connectivity index (χ0v) is 9.11. The molecular weight excluding hydrogens is 206 g/mol. The van der Waals surface area contributed by atoms with E-state index in [4.69, 9.17) is 5.73 Å². The molecule has 0 aromatic carbocycles. The van der Waals surface area contributed by atoms with Crippen LogP contribution in [0.15, 0.2) is 12.2 Å². The summed E-state index contributed by atoms with van der Waals surface area (Å²) in [6.07, 6.45) is 6.38. The Kier molecular flexibility index (Phi) is 3.24. The number of carbonyl (C=O) groups excluding carboxylic acids is 2. The molecule has 0 aromatic heterocycles. The van der Waals surface area contributed by atoms with Crippen LogP contribution >= 0.6 is 0 Å². The summed E-state index contributed by atoms with van der Waals surface area (Å²) in [5.41, 5.74) is 5.65. The Labute approximate surface area is 94.5 Å². The highest BCUT2D eigenvalue weighted by atomic mass is 16.2. The third-order valence-corrected chi connectivity index (χ3v) is 2.82. The maximum absolute atomic E-state index is 11.6.